The fraction of sp³-hybridized carbons (Fsp3) is 0.360. The van der Waals surface area contributed by atoms with Gasteiger partial charge in [0.1, 0.15) is 5.75 Å². The van der Waals surface area contributed by atoms with Gasteiger partial charge in [-0.15, -0.1) is 0 Å². The van der Waals surface area contributed by atoms with E-state index in [1.807, 2.05) is 18.2 Å². The number of benzene rings is 2. The first-order valence-corrected chi connectivity index (χ1v) is 10.5. The van der Waals surface area contributed by atoms with Crippen molar-refractivity contribution in [2.75, 3.05) is 35.0 Å². The van der Waals surface area contributed by atoms with Crippen LogP contribution in [-0.2, 0) is 13.1 Å². The number of hydrogen-bond acceptors (Lipinski definition) is 5. The Morgan fingerprint density at radius 2 is 1.58 bits per heavy atom. The number of fused-ring (bicyclic) bond motifs is 1. The van der Waals surface area contributed by atoms with Gasteiger partial charge >= 0.3 is 0 Å². The highest BCUT2D eigenvalue weighted by Crippen LogP contribution is 2.42. The van der Waals surface area contributed by atoms with E-state index in [2.05, 4.69) is 46.0 Å². The van der Waals surface area contributed by atoms with Crippen molar-refractivity contribution in [3.63, 3.8) is 0 Å². The standard InChI is InChI=1S/C25H30N2O4/c1-28-20-11-8-18(9-12-20)23-21-7-5-14-26(21)15-6-16-27(23)17-19-10-13-22(29-2)25(31-4)24(19)30-3/h5,7-14,23H,6,15-17H2,1-4H3. The third kappa shape index (κ3) is 4.08. The average molecular weight is 423 g/mol. The Morgan fingerprint density at radius 1 is 0.806 bits per heavy atom. The highest BCUT2D eigenvalue weighted by atomic mass is 16.5. The van der Waals surface area contributed by atoms with Crippen LogP contribution in [0, 0.1) is 0 Å². The number of aromatic nitrogens is 1. The molecule has 0 saturated carbocycles. The van der Waals surface area contributed by atoms with Crippen LogP contribution in [0.5, 0.6) is 23.0 Å². The van der Waals surface area contributed by atoms with Crippen LogP contribution < -0.4 is 18.9 Å². The molecule has 1 unspecified atom stereocenters. The first kappa shape index (κ1) is 21.1. The van der Waals surface area contributed by atoms with Gasteiger partial charge < -0.3 is 23.5 Å². The normalized spacial score (nSPS) is 16.3. The minimum absolute atomic E-state index is 0.126. The Morgan fingerprint density at radius 3 is 2.26 bits per heavy atom. The zero-order valence-electron chi connectivity index (χ0n) is 18.6. The van der Waals surface area contributed by atoms with Gasteiger partial charge in [0.2, 0.25) is 5.75 Å². The van der Waals surface area contributed by atoms with Gasteiger partial charge in [0.15, 0.2) is 11.5 Å². The van der Waals surface area contributed by atoms with Gasteiger partial charge in [-0.2, -0.15) is 0 Å². The molecule has 0 saturated heterocycles. The number of methoxy groups -OCH3 is 4. The molecule has 164 valence electrons. The van der Waals surface area contributed by atoms with Crippen LogP contribution in [-0.4, -0.2) is 44.5 Å². The number of hydrogen-bond donors (Lipinski definition) is 0. The van der Waals surface area contributed by atoms with Crippen molar-refractivity contribution in [1.82, 2.24) is 9.47 Å². The van der Waals surface area contributed by atoms with E-state index in [0.717, 1.165) is 43.1 Å². The highest BCUT2D eigenvalue weighted by Gasteiger charge is 2.29. The van der Waals surface area contributed by atoms with Gasteiger partial charge in [-0.1, -0.05) is 18.2 Å². The highest BCUT2D eigenvalue weighted by molar-refractivity contribution is 5.55. The molecule has 3 aromatic rings. The third-order valence-corrected chi connectivity index (χ3v) is 5.94. The van der Waals surface area contributed by atoms with E-state index >= 15 is 0 Å². The molecule has 0 fully saturated rings. The zero-order chi connectivity index (χ0) is 21.8. The lowest BCUT2D eigenvalue weighted by molar-refractivity contribution is 0.216. The van der Waals surface area contributed by atoms with Crippen LogP contribution in [0.25, 0.3) is 0 Å². The zero-order valence-corrected chi connectivity index (χ0v) is 18.6. The minimum Gasteiger partial charge on any atom is -0.497 e. The van der Waals surface area contributed by atoms with Crippen LogP contribution in [0.15, 0.2) is 54.7 Å². The van der Waals surface area contributed by atoms with E-state index in [1.54, 1.807) is 28.4 Å². The van der Waals surface area contributed by atoms with Crippen LogP contribution in [0.1, 0.15) is 29.3 Å². The molecule has 4 rings (SSSR count). The maximum atomic E-state index is 5.75. The lowest BCUT2D eigenvalue weighted by Crippen LogP contribution is -2.29. The molecule has 0 N–H and O–H groups in total. The molecule has 1 aliphatic heterocycles. The lowest BCUT2D eigenvalue weighted by Gasteiger charge is -2.31. The maximum Gasteiger partial charge on any atom is 0.203 e. The van der Waals surface area contributed by atoms with Gasteiger partial charge in [0.05, 0.1) is 34.5 Å². The Kier molecular flexibility index (Phi) is 6.37. The molecule has 0 spiro atoms. The van der Waals surface area contributed by atoms with Crippen LogP contribution in [0.4, 0.5) is 0 Å². The average Bonchev–Trinajstić information content (AvgIpc) is 3.20. The van der Waals surface area contributed by atoms with Gasteiger partial charge in [0, 0.05) is 37.1 Å². The molecule has 31 heavy (non-hydrogen) atoms. The number of nitrogens with zero attached hydrogens (tertiary/aromatic N) is 2. The van der Waals surface area contributed by atoms with Crippen molar-refractivity contribution in [2.24, 2.45) is 0 Å². The predicted molar refractivity (Wildman–Crippen MR) is 120 cm³/mol. The second-order valence-corrected chi connectivity index (χ2v) is 7.62. The SMILES string of the molecule is COc1ccc(C2c3cccn3CCCN2Cc2ccc(OC)c(OC)c2OC)cc1. The minimum atomic E-state index is 0.126. The van der Waals surface area contributed by atoms with Crippen molar-refractivity contribution in [3.8, 4) is 23.0 Å². The number of aryl methyl sites for hydroxylation is 1. The predicted octanol–water partition coefficient (Wildman–Crippen LogP) is 4.52. The molecule has 1 aromatic heterocycles. The van der Waals surface area contributed by atoms with Crippen LogP contribution in [0.3, 0.4) is 0 Å². The van der Waals surface area contributed by atoms with Crippen molar-refractivity contribution < 1.29 is 18.9 Å². The summed E-state index contributed by atoms with van der Waals surface area (Å²) in [6.07, 6.45) is 3.25. The molecular weight excluding hydrogens is 392 g/mol. The van der Waals surface area contributed by atoms with Crippen molar-refractivity contribution in [3.05, 3.63) is 71.5 Å². The molecule has 0 amide bonds. The monoisotopic (exact) mass is 422 g/mol. The quantitative estimate of drug-likeness (QED) is 0.560. The van der Waals surface area contributed by atoms with E-state index in [9.17, 15) is 0 Å². The second-order valence-electron chi connectivity index (χ2n) is 7.62. The fourth-order valence-corrected chi connectivity index (χ4v) is 4.48. The van der Waals surface area contributed by atoms with E-state index in [1.165, 1.54) is 11.3 Å². The topological polar surface area (TPSA) is 45.1 Å². The molecule has 6 heteroatoms. The lowest BCUT2D eigenvalue weighted by atomic mass is 10.0. The van der Waals surface area contributed by atoms with E-state index in [4.69, 9.17) is 18.9 Å². The summed E-state index contributed by atoms with van der Waals surface area (Å²) in [6, 6.07) is 16.9. The number of rotatable bonds is 7. The Labute approximate surface area is 183 Å². The molecule has 1 atom stereocenters. The fourth-order valence-electron chi connectivity index (χ4n) is 4.48. The molecule has 0 bridgehead atoms. The van der Waals surface area contributed by atoms with Gasteiger partial charge in [-0.05, 0) is 42.3 Å². The van der Waals surface area contributed by atoms with Gasteiger partial charge in [0.25, 0.3) is 0 Å². The van der Waals surface area contributed by atoms with E-state index in [-0.39, 0.29) is 6.04 Å². The second kappa shape index (κ2) is 9.35. The van der Waals surface area contributed by atoms with E-state index in [0.29, 0.717) is 11.5 Å². The molecule has 0 radical (unpaired) electrons. The molecular formula is C25H30N2O4. The smallest absolute Gasteiger partial charge is 0.203 e. The molecule has 1 aliphatic rings. The third-order valence-electron chi connectivity index (χ3n) is 5.94. The molecule has 2 heterocycles. The summed E-state index contributed by atoms with van der Waals surface area (Å²) in [5, 5.41) is 0. The van der Waals surface area contributed by atoms with Gasteiger partial charge in [-0.25, -0.2) is 0 Å². The summed E-state index contributed by atoms with van der Waals surface area (Å²) in [5.41, 5.74) is 3.60. The summed E-state index contributed by atoms with van der Waals surface area (Å²) in [4.78, 5) is 2.50. The largest absolute Gasteiger partial charge is 0.497 e. The number of ether oxygens (including phenoxy) is 4. The van der Waals surface area contributed by atoms with Crippen LogP contribution in [0.2, 0.25) is 0 Å². The molecule has 6 nitrogen and oxygen atoms in total. The van der Waals surface area contributed by atoms with Crippen LogP contribution >= 0.6 is 0 Å². The van der Waals surface area contributed by atoms with Crippen molar-refractivity contribution in [1.29, 1.82) is 0 Å². The summed E-state index contributed by atoms with van der Waals surface area (Å²) in [5.74, 6) is 2.87. The molecule has 0 aliphatic carbocycles. The molecule has 2 aromatic carbocycles. The van der Waals surface area contributed by atoms with E-state index < -0.39 is 0 Å². The van der Waals surface area contributed by atoms with Crippen molar-refractivity contribution >= 4 is 0 Å². The summed E-state index contributed by atoms with van der Waals surface area (Å²) in [6.45, 7) is 2.70. The summed E-state index contributed by atoms with van der Waals surface area (Å²) < 4.78 is 24.6. The Balaban J connectivity index is 1.75. The van der Waals surface area contributed by atoms with Gasteiger partial charge in [-0.3, -0.25) is 4.90 Å². The first-order valence-electron chi connectivity index (χ1n) is 10.5. The maximum absolute atomic E-state index is 5.75. The Bertz CT molecular complexity index is 1010. The Hall–Kier alpha value is -3.12. The summed E-state index contributed by atoms with van der Waals surface area (Å²) in [7, 11) is 6.65. The van der Waals surface area contributed by atoms with Crippen molar-refractivity contribution in [2.45, 2.75) is 25.6 Å². The first-order chi connectivity index (χ1) is 15.2. The summed E-state index contributed by atoms with van der Waals surface area (Å²) >= 11 is 0.